The Balaban J connectivity index is 0.000000210. The summed E-state index contributed by atoms with van der Waals surface area (Å²) in [5.41, 5.74) is 10.1. The molecule has 6 N–H and O–H groups in total. The summed E-state index contributed by atoms with van der Waals surface area (Å²) in [4.78, 5) is 7.70. The largest absolute Gasteiger partial charge is 0.384 e. The van der Waals surface area contributed by atoms with Crippen molar-refractivity contribution in [3.8, 4) is 0 Å². The first-order chi connectivity index (χ1) is 14.7. The maximum atomic E-state index is 10.5. The van der Waals surface area contributed by atoms with E-state index in [0.29, 0.717) is 6.54 Å². The molecule has 0 unspecified atom stereocenters. The van der Waals surface area contributed by atoms with Crippen LogP contribution in [0.4, 0.5) is 5.69 Å². The number of aromatic amines is 1. The van der Waals surface area contributed by atoms with Gasteiger partial charge in [0.05, 0.1) is 22.5 Å². The summed E-state index contributed by atoms with van der Waals surface area (Å²) >= 11 is 0. The molecule has 4 rings (SSSR count). The number of aryl methyl sites for hydroxylation is 1. The van der Waals surface area contributed by atoms with Crippen LogP contribution in [-0.2, 0) is 16.7 Å². The lowest BCUT2D eigenvalue weighted by molar-refractivity contribution is 0.483. The predicted molar refractivity (Wildman–Crippen MR) is 122 cm³/mol. The van der Waals surface area contributed by atoms with E-state index in [1.807, 2.05) is 55.5 Å². The number of nitrogens with two attached hydrogens (primary N) is 1. The molecule has 0 saturated heterocycles. The lowest BCUT2D eigenvalue weighted by Crippen LogP contribution is -2.10. The Bertz CT molecular complexity index is 1250. The highest BCUT2D eigenvalue weighted by molar-refractivity contribution is 7.85. The fourth-order valence-corrected chi connectivity index (χ4v) is 3.23. The first-order valence-corrected chi connectivity index (χ1v) is 10.8. The number of amidine groups is 1. The Hall–Kier alpha value is -3.69. The second-order valence-corrected chi connectivity index (χ2v) is 8.25. The van der Waals surface area contributed by atoms with Gasteiger partial charge in [0.2, 0.25) is 0 Å². The summed E-state index contributed by atoms with van der Waals surface area (Å²) in [5, 5.41) is 10.6. The molecule has 0 aliphatic heterocycles. The first kappa shape index (κ1) is 22.0. The van der Waals surface area contributed by atoms with Gasteiger partial charge in [-0.3, -0.25) is 9.96 Å². The zero-order valence-electron chi connectivity index (χ0n) is 16.8. The van der Waals surface area contributed by atoms with E-state index in [1.165, 1.54) is 12.1 Å². The lowest BCUT2D eigenvalue weighted by Gasteiger charge is -2.05. The fraction of sp³-hybridized carbons (Fsp3) is 0.0909. The number of hydrogen-bond donors (Lipinski definition) is 5. The molecule has 0 aliphatic carbocycles. The molecule has 0 radical (unpaired) electrons. The Morgan fingerprint density at radius 3 is 2.29 bits per heavy atom. The van der Waals surface area contributed by atoms with E-state index < -0.39 is 10.1 Å². The van der Waals surface area contributed by atoms with E-state index in [9.17, 15) is 8.42 Å². The second-order valence-electron chi connectivity index (χ2n) is 6.83. The Kier molecular flexibility index (Phi) is 6.68. The van der Waals surface area contributed by atoms with Gasteiger partial charge in [-0.05, 0) is 55.5 Å². The van der Waals surface area contributed by atoms with E-state index in [1.54, 1.807) is 12.1 Å². The van der Waals surface area contributed by atoms with Crippen LogP contribution < -0.4 is 11.1 Å². The van der Waals surface area contributed by atoms with Crippen LogP contribution in [-0.4, -0.2) is 28.8 Å². The van der Waals surface area contributed by atoms with Gasteiger partial charge in [0.15, 0.2) is 0 Å². The first-order valence-electron chi connectivity index (χ1n) is 9.38. The maximum Gasteiger partial charge on any atom is 0.294 e. The van der Waals surface area contributed by atoms with Crippen LogP contribution in [0.25, 0.3) is 11.0 Å². The summed E-state index contributed by atoms with van der Waals surface area (Å²) in [7, 11) is -4.02. The molecule has 0 amide bonds. The number of hydrogen-bond acceptors (Lipinski definition) is 5. The summed E-state index contributed by atoms with van der Waals surface area (Å²) in [6.45, 7) is 2.46. The van der Waals surface area contributed by atoms with Crippen LogP contribution in [0, 0.1) is 12.3 Å². The molecule has 1 aromatic heterocycles. The van der Waals surface area contributed by atoms with Crippen molar-refractivity contribution < 1.29 is 13.0 Å². The number of H-pyrrole nitrogens is 1. The van der Waals surface area contributed by atoms with Gasteiger partial charge in [-0.1, -0.05) is 29.8 Å². The van der Waals surface area contributed by atoms with Gasteiger partial charge in [0.1, 0.15) is 11.7 Å². The third-order valence-corrected chi connectivity index (χ3v) is 5.28. The number of rotatable bonds is 5. The monoisotopic (exact) mass is 437 g/mol. The number of aromatic nitrogens is 2. The summed E-state index contributed by atoms with van der Waals surface area (Å²) < 4.78 is 29.6. The third-order valence-electron chi connectivity index (χ3n) is 4.41. The molecule has 0 spiro atoms. The van der Waals surface area contributed by atoms with Gasteiger partial charge in [-0.25, -0.2) is 4.98 Å². The van der Waals surface area contributed by atoms with Crippen molar-refractivity contribution in [2.24, 2.45) is 5.73 Å². The smallest absolute Gasteiger partial charge is 0.294 e. The molecular weight excluding hydrogens is 414 g/mol. The van der Waals surface area contributed by atoms with Gasteiger partial charge < -0.3 is 16.0 Å². The number of nitrogens with one attached hydrogen (secondary N) is 3. The molecule has 3 aromatic carbocycles. The van der Waals surface area contributed by atoms with Crippen LogP contribution in [0.15, 0.2) is 77.7 Å². The molecule has 160 valence electrons. The molecule has 0 atom stereocenters. The van der Waals surface area contributed by atoms with Gasteiger partial charge >= 0.3 is 0 Å². The number of benzene rings is 3. The Morgan fingerprint density at radius 2 is 1.71 bits per heavy atom. The third kappa shape index (κ3) is 6.14. The summed E-state index contributed by atoms with van der Waals surface area (Å²) in [5.74, 6) is 0.968. The quantitative estimate of drug-likeness (QED) is 0.183. The van der Waals surface area contributed by atoms with Gasteiger partial charge in [-0.15, -0.1) is 0 Å². The van der Waals surface area contributed by atoms with Crippen LogP contribution in [0.2, 0.25) is 0 Å². The van der Waals surface area contributed by atoms with E-state index >= 15 is 0 Å². The minimum Gasteiger partial charge on any atom is -0.384 e. The van der Waals surface area contributed by atoms with E-state index in [4.69, 9.17) is 15.7 Å². The molecule has 9 heteroatoms. The number of fused-ring (bicyclic) bond motifs is 1. The lowest BCUT2D eigenvalue weighted by atomic mass is 10.2. The van der Waals surface area contributed by atoms with E-state index in [0.717, 1.165) is 33.7 Å². The normalized spacial score (nSPS) is 10.9. The zero-order valence-corrected chi connectivity index (χ0v) is 17.6. The molecule has 31 heavy (non-hydrogen) atoms. The zero-order chi connectivity index (χ0) is 22.4. The highest BCUT2D eigenvalue weighted by atomic mass is 32.2. The predicted octanol–water partition coefficient (Wildman–Crippen LogP) is 3.70. The van der Waals surface area contributed by atoms with Gasteiger partial charge in [-0.2, -0.15) is 8.42 Å². The molecular formula is C22H23N5O3S. The molecule has 0 fully saturated rings. The average molecular weight is 438 g/mol. The van der Waals surface area contributed by atoms with Crippen LogP contribution in [0.3, 0.4) is 0 Å². The minimum atomic E-state index is -4.02. The van der Waals surface area contributed by atoms with E-state index in [2.05, 4.69) is 15.3 Å². The van der Waals surface area contributed by atoms with Crippen molar-refractivity contribution in [1.82, 2.24) is 9.97 Å². The topological polar surface area (TPSA) is 145 Å². The molecule has 4 aromatic rings. The second kappa shape index (κ2) is 9.41. The number of para-hydroxylation sites is 2. The van der Waals surface area contributed by atoms with Crippen LogP contribution in [0.1, 0.15) is 17.0 Å². The van der Waals surface area contributed by atoms with Crippen molar-refractivity contribution in [2.75, 3.05) is 5.32 Å². The highest BCUT2D eigenvalue weighted by Crippen LogP contribution is 2.13. The number of nitrogen functional groups attached to an aromatic ring is 1. The van der Waals surface area contributed by atoms with Crippen molar-refractivity contribution in [1.29, 1.82) is 5.41 Å². The molecule has 0 aliphatic rings. The van der Waals surface area contributed by atoms with Gasteiger partial charge in [0, 0.05) is 11.3 Å². The maximum absolute atomic E-state index is 10.5. The van der Waals surface area contributed by atoms with Crippen molar-refractivity contribution in [2.45, 2.75) is 18.4 Å². The number of anilines is 1. The summed E-state index contributed by atoms with van der Waals surface area (Å²) in [6, 6.07) is 21.4. The van der Waals surface area contributed by atoms with Crippen LogP contribution in [0.5, 0.6) is 0 Å². The van der Waals surface area contributed by atoms with Crippen molar-refractivity contribution in [3.63, 3.8) is 0 Å². The van der Waals surface area contributed by atoms with Gasteiger partial charge in [0.25, 0.3) is 10.1 Å². The van der Waals surface area contributed by atoms with Crippen molar-refractivity contribution in [3.05, 3.63) is 89.7 Å². The fourth-order valence-electron chi connectivity index (χ4n) is 2.75. The minimum absolute atomic E-state index is 0.0666. The summed E-state index contributed by atoms with van der Waals surface area (Å²) in [6.07, 6.45) is 0. The van der Waals surface area contributed by atoms with Crippen LogP contribution >= 0.6 is 0 Å². The molecule has 1 heterocycles. The van der Waals surface area contributed by atoms with E-state index in [-0.39, 0.29) is 10.7 Å². The Morgan fingerprint density at radius 1 is 1.06 bits per heavy atom. The standard InChI is InChI=1S/C15H15N5.C7H8O3S/c16-15(17)10-5-7-11(8-6-10)18-9-14-19-12-3-1-2-4-13(12)20-14;1-6-2-4-7(5-3-6)11(8,9)10/h1-8,18H,9H2,(H3,16,17)(H,19,20);2-5H,1H3,(H,8,9,10). The molecule has 8 nitrogen and oxygen atoms in total. The average Bonchev–Trinajstić information content (AvgIpc) is 3.16. The number of imidazole rings is 1. The highest BCUT2D eigenvalue weighted by Gasteiger charge is 2.07. The number of nitrogens with zero attached hydrogens (tertiary/aromatic N) is 1. The van der Waals surface area contributed by atoms with Crippen molar-refractivity contribution >= 4 is 32.7 Å². The Labute approximate surface area is 180 Å². The molecule has 0 saturated carbocycles. The molecule has 0 bridgehead atoms. The SMILES string of the molecule is Cc1ccc(S(=O)(=O)O)cc1.N=C(N)c1ccc(NCc2nc3ccccc3[nH]2)cc1.